The smallest absolute Gasteiger partial charge is 0.264 e. The number of anilines is 1. The lowest BCUT2D eigenvalue weighted by molar-refractivity contribution is -0.120. The monoisotopic (exact) mass is 486 g/mol. The maximum absolute atomic E-state index is 13.3. The van der Waals surface area contributed by atoms with Crippen LogP contribution < -0.4 is 9.62 Å². The van der Waals surface area contributed by atoms with Crippen LogP contribution in [0.3, 0.4) is 0 Å². The first-order valence-corrected chi connectivity index (χ1v) is 11.8. The summed E-state index contributed by atoms with van der Waals surface area (Å²) < 4.78 is 28.5. The second kappa shape index (κ2) is 9.91. The number of hydrogen-bond donors (Lipinski definition) is 1. The van der Waals surface area contributed by atoms with Gasteiger partial charge in [0.05, 0.1) is 16.6 Å². The number of carbonyl (C=O) groups excluding carboxylic acids is 1. The minimum Gasteiger partial charge on any atom is -0.348 e. The highest BCUT2D eigenvalue weighted by molar-refractivity contribution is 9.10. The highest BCUT2D eigenvalue weighted by Crippen LogP contribution is 2.26. The molecule has 0 aliphatic carbocycles. The van der Waals surface area contributed by atoms with Crippen molar-refractivity contribution in [3.05, 3.63) is 95.0 Å². The zero-order valence-corrected chi connectivity index (χ0v) is 18.9. The van der Waals surface area contributed by atoms with Crippen LogP contribution in [0.25, 0.3) is 0 Å². The van der Waals surface area contributed by atoms with Crippen LogP contribution in [0.4, 0.5) is 5.69 Å². The van der Waals surface area contributed by atoms with Gasteiger partial charge in [-0.1, -0.05) is 77.5 Å². The molecular weight excluding hydrogens is 464 g/mol. The van der Waals surface area contributed by atoms with Gasteiger partial charge in [-0.2, -0.15) is 0 Å². The molecule has 0 spiro atoms. The van der Waals surface area contributed by atoms with E-state index in [9.17, 15) is 13.2 Å². The van der Waals surface area contributed by atoms with Crippen LogP contribution in [0.15, 0.2) is 94.3 Å². The van der Waals surface area contributed by atoms with Crippen molar-refractivity contribution >= 4 is 37.5 Å². The Labute approximate surface area is 185 Å². The van der Waals surface area contributed by atoms with Crippen molar-refractivity contribution in [2.45, 2.75) is 24.3 Å². The predicted molar refractivity (Wildman–Crippen MR) is 123 cm³/mol. The number of nitrogens with zero attached hydrogens (tertiary/aromatic N) is 1. The molecule has 0 aliphatic heterocycles. The fraction of sp³-hybridized carbons (Fsp3) is 0.174. The number of hydrogen-bond acceptors (Lipinski definition) is 3. The van der Waals surface area contributed by atoms with Crippen molar-refractivity contribution < 1.29 is 13.2 Å². The number of halogens is 1. The van der Waals surface area contributed by atoms with Gasteiger partial charge in [0.15, 0.2) is 0 Å². The van der Waals surface area contributed by atoms with Crippen LogP contribution in [-0.4, -0.2) is 20.9 Å². The van der Waals surface area contributed by atoms with Crippen molar-refractivity contribution in [1.29, 1.82) is 0 Å². The Kier molecular flexibility index (Phi) is 7.29. The van der Waals surface area contributed by atoms with Gasteiger partial charge in [0.1, 0.15) is 6.54 Å². The maximum atomic E-state index is 13.3. The number of amides is 1. The molecule has 0 saturated carbocycles. The Morgan fingerprint density at radius 2 is 1.60 bits per heavy atom. The van der Waals surface area contributed by atoms with Crippen LogP contribution in [0, 0.1) is 0 Å². The molecule has 0 aromatic heterocycles. The first-order valence-electron chi connectivity index (χ1n) is 9.59. The molecule has 1 N–H and O–H groups in total. The molecule has 1 atom stereocenters. The summed E-state index contributed by atoms with van der Waals surface area (Å²) in [5, 5.41) is 2.96. The van der Waals surface area contributed by atoms with Gasteiger partial charge in [-0.25, -0.2) is 8.42 Å². The summed E-state index contributed by atoms with van der Waals surface area (Å²) >= 11 is 3.38. The molecule has 0 saturated heterocycles. The van der Waals surface area contributed by atoms with Crippen molar-refractivity contribution in [3.63, 3.8) is 0 Å². The minimum atomic E-state index is -3.92. The third-order valence-corrected chi connectivity index (χ3v) is 6.94. The zero-order chi connectivity index (χ0) is 21.6. The molecule has 0 bridgehead atoms. The summed E-state index contributed by atoms with van der Waals surface area (Å²) in [6.07, 6.45) is 0.693. The van der Waals surface area contributed by atoms with E-state index >= 15 is 0 Å². The lowest BCUT2D eigenvalue weighted by Crippen LogP contribution is -2.42. The van der Waals surface area contributed by atoms with E-state index in [0.29, 0.717) is 12.1 Å². The minimum absolute atomic E-state index is 0.132. The zero-order valence-electron chi connectivity index (χ0n) is 16.5. The summed E-state index contributed by atoms with van der Waals surface area (Å²) in [7, 11) is -3.92. The molecule has 30 heavy (non-hydrogen) atoms. The van der Waals surface area contributed by atoms with E-state index in [4.69, 9.17) is 0 Å². The largest absolute Gasteiger partial charge is 0.348 e. The molecule has 1 amide bonds. The molecule has 7 heteroatoms. The van der Waals surface area contributed by atoms with Crippen molar-refractivity contribution in [2.24, 2.45) is 0 Å². The maximum Gasteiger partial charge on any atom is 0.264 e. The average molecular weight is 487 g/mol. The average Bonchev–Trinajstić information content (AvgIpc) is 2.77. The summed E-state index contributed by atoms with van der Waals surface area (Å²) in [5.41, 5.74) is 1.39. The third kappa shape index (κ3) is 5.29. The molecule has 3 aromatic carbocycles. The Bertz CT molecular complexity index is 1090. The van der Waals surface area contributed by atoms with Gasteiger partial charge in [-0.3, -0.25) is 9.10 Å². The quantitative estimate of drug-likeness (QED) is 0.491. The Balaban J connectivity index is 1.90. The summed E-state index contributed by atoms with van der Waals surface area (Å²) in [6.45, 7) is 1.65. The Hall–Kier alpha value is -2.64. The first kappa shape index (κ1) is 22.1. The van der Waals surface area contributed by atoms with E-state index in [2.05, 4.69) is 21.2 Å². The fourth-order valence-corrected chi connectivity index (χ4v) is 4.96. The van der Waals surface area contributed by atoms with Gasteiger partial charge >= 0.3 is 0 Å². The van der Waals surface area contributed by atoms with E-state index in [-0.39, 0.29) is 23.4 Å². The molecule has 156 valence electrons. The molecule has 5 nitrogen and oxygen atoms in total. The molecular formula is C23H23BrN2O3S. The van der Waals surface area contributed by atoms with E-state index in [1.165, 1.54) is 12.1 Å². The van der Waals surface area contributed by atoms with Gasteiger partial charge in [0.2, 0.25) is 5.91 Å². The highest BCUT2D eigenvalue weighted by Gasteiger charge is 2.28. The summed E-state index contributed by atoms with van der Waals surface area (Å²) in [4.78, 5) is 13.0. The number of rotatable bonds is 8. The second-order valence-corrected chi connectivity index (χ2v) is 9.52. The molecule has 0 aliphatic rings. The highest BCUT2D eigenvalue weighted by atomic mass is 79.9. The van der Waals surface area contributed by atoms with Crippen LogP contribution in [0.2, 0.25) is 0 Å². The van der Waals surface area contributed by atoms with Gasteiger partial charge in [-0.15, -0.1) is 0 Å². The standard InChI is InChI=1S/C23H23BrN2O3S/c1-2-22(18-10-5-3-6-11-18)25-23(27)17-26(20-13-9-12-19(24)16-20)30(28,29)21-14-7-4-8-15-21/h3-16,22H,2,17H2,1H3,(H,25,27). The lowest BCUT2D eigenvalue weighted by atomic mass is 10.0. The van der Waals surface area contributed by atoms with E-state index < -0.39 is 10.0 Å². The van der Waals surface area contributed by atoms with Gasteiger partial charge in [0.25, 0.3) is 10.0 Å². The topological polar surface area (TPSA) is 66.5 Å². The number of sulfonamides is 1. The molecule has 3 rings (SSSR count). The molecule has 0 heterocycles. The number of nitrogens with one attached hydrogen (secondary N) is 1. The lowest BCUT2D eigenvalue weighted by Gasteiger charge is -2.26. The Morgan fingerprint density at radius 1 is 0.967 bits per heavy atom. The van der Waals surface area contributed by atoms with Crippen LogP contribution in [0.1, 0.15) is 24.9 Å². The summed E-state index contributed by atoms with van der Waals surface area (Å²) in [5.74, 6) is -0.370. The van der Waals surface area contributed by atoms with Gasteiger partial charge in [0, 0.05) is 4.47 Å². The van der Waals surface area contributed by atoms with Crippen molar-refractivity contribution in [3.8, 4) is 0 Å². The number of carbonyl (C=O) groups is 1. The van der Waals surface area contributed by atoms with Gasteiger partial charge in [-0.05, 0) is 42.3 Å². The second-order valence-electron chi connectivity index (χ2n) is 6.74. The van der Waals surface area contributed by atoms with Crippen molar-refractivity contribution in [1.82, 2.24) is 5.32 Å². The van der Waals surface area contributed by atoms with Crippen molar-refractivity contribution in [2.75, 3.05) is 10.8 Å². The first-order chi connectivity index (χ1) is 14.4. The molecule has 0 fully saturated rings. The summed E-state index contributed by atoms with van der Waals surface area (Å²) in [6, 6.07) is 24.5. The normalized spacial score (nSPS) is 12.2. The van der Waals surface area contributed by atoms with Crippen LogP contribution >= 0.6 is 15.9 Å². The SMILES string of the molecule is CCC(NC(=O)CN(c1cccc(Br)c1)S(=O)(=O)c1ccccc1)c1ccccc1. The van der Waals surface area contributed by atoms with E-state index in [1.807, 2.05) is 37.3 Å². The fourth-order valence-electron chi connectivity index (χ4n) is 3.14. The van der Waals surface area contributed by atoms with Crippen LogP contribution in [0.5, 0.6) is 0 Å². The van der Waals surface area contributed by atoms with E-state index in [1.54, 1.807) is 42.5 Å². The predicted octanol–water partition coefficient (Wildman–Crippen LogP) is 4.91. The van der Waals surface area contributed by atoms with Gasteiger partial charge < -0.3 is 5.32 Å². The molecule has 0 radical (unpaired) electrons. The Morgan fingerprint density at radius 3 is 2.20 bits per heavy atom. The van der Waals surface area contributed by atoms with Crippen LogP contribution in [-0.2, 0) is 14.8 Å². The number of benzene rings is 3. The third-order valence-electron chi connectivity index (χ3n) is 4.66. The molecule has 3 aromatic rings. The molecule has 1 unspecified atom stereocenters. The van der Waals surface area contributed by atoms with E-state index in [0.717, 1.165) is 14.3 Å².